The van der Waals surface area contributed by atoms with Crippen LogP contribution in [0.1, 0.15) is 18.1 Å². The fourth-order valence-electron chi connectivity index (χ4n) is 1.86. The molecule has 19 heavy (non-hydrogen) atoms. The lowest BCUT2D eigenvalue weighted by atomic mass is 10.3. The van der Waals surface area contributed by atoms with Gasteiger partial charge in [-0.05, 0) is 13.0 Å². The molecule has 1 atom stereocenters. The number of fused-ring (bicyclic) bond motifs is 1. The molecular formula is C12H12ClF2N3O. The van der Waals surface area contributed by atoms with Crippen LogP contribution in [0, 0.1) is 11.6 Å². The third kappa shape index (κ3) is 2.53. The fraction of sp³-hybridized carbons (Fsp3) is 0.333. The molecule has 0 fully saturated rings. The summed E-state index contributed by atoms with van der Waals surface area (Å²) in [6, 6.07) is 1.89. The van der Waals surface area contributed by atoms with E-state index in [0.717, 1.165) is 12.1 Å². The lowest BCUT2D eigenvalue weighted by Gasteiger charge is -2.09. The Kier molecular flexibility index (Phi) is 3.71. The molecule has 1 aromatic heterocycles. The Labute approximate surface area is 113 Å². The Hall–Kier alpha value is -1.69. The number of imidazole rings is 1. The van der Waals surface area contributed by atoms with Crippen molar-refractivity contribution in [2.24, 2.45) is 0 Å². The second kappa shape index (κ2) is 5.13. The molecule has 0 radical (unpaired) electrons. The van der Waals surface area contributed by atoms with Crippen molar-refractivity contribution >= 4 is 28.5 Å². The second-order valence-corrected chi connectivity index (χ2v) is 4.76. The first-order valence-electron chi connectivity index (χ1n) is 5.64. The van der Waals surface area contributed by atoms with Crippen LogP contribution < -0.4 is 5.32 Å². The Balaban J connectivity index is 2.69. The van der Waals surface area contributed by atoms with Gasteiger partial charge >= 0.3 is 0 Å². The maximum atomic E-state index is 13.7. The number of likely N-dealkylation sites (N-methyl/N-ethyl adjacent to an activating group) is 1. The van der Waals surface area contributed by atoms with Gasteiger partial charge in [-0.1, -0.05) is 0 Å². The molecular weight excluding hydrogens is 276 g/mol. The van der Waals surface area contributed by atoms with E-state index in [4.69, 9.17) is 11.6 Å². The quantitative estimate of drug-likeness (QED) is 0.881. The van der Waals surface area contributed by atoms with Crippen molar-refractivity contribution in [3.63, 3.8) is 0 Å². The van der Waals surface area contributed by atoms with E-state index in [1.54, 1.807) is 6.92 Å². The highest BCUT2D eigenvalue weighted by Crippen LogP contribution is 2.26. The van der Waals surface area contributed by atoms with Crippen LogP contribution in [0.25, 0.3) is 11.0 Å². The summed E-state index contributed by atoms with van der Waals surface area (Å²) in [4.78, 5) is 15.5. The van der Waals surface area contributed by atoms with E-state index in [0.29, 0.717) is 5.82 Å². The highest BCUT2D eigenvalue weighted by molar-refractivity contribution is 6.20. The van der Waals surface area contributed by atoms with Crippen molar-refractivity contribution < 1.29 is 13.6 Å². The van der Waals surface area contributed by atoms with Crippen molar-refractivity contribution in [3.8, 4) is 0 Å². The molecule has 0 saturated carbocycles. The minimum Gasteiger partial charge on any atom is -0.358 e. The van der Waals surface area contributed by atoms with E-state index in [1.165, 1.54) is 11.6 Å². The molecule has 7 heteroatoms. The smallest absolute Gasteiger partial charge is 0.239 e. The molecule has 2 rings (SSSR count). The van der Waals surface area contributed by atoms with Gasteiger partial charge in [-0.3, -0.25) is 4.79 Å². The van der Waals surface area contributed by atoms with E-state index < -0.39 is 17.0 Å². The lowest BCUT2D eigenvalue weighted by molar-refractivity contribution is -0.121. The summed E-state index contributed by atoms with van der Waals surface area (Å²) < 4.78 is 28.4. The zero-order valence-electron chi connectivity index (χ0n) is 10.4. The first-order valence-corrected chi connectivity index (χ1v) is 6.07. The zero-order valence-corrected chi connectivity index (χ0v) is 11.1. The van der Waals surface area contributed by atoms with E-state index in [2.05, 4.69) is 10.3 Å². The van der Waals surface area contributed by atoms with Gasteiger partial charge in [0.1, 0.15) is 23.7 Å². The molecule has 2 aromatic rings. The van der Waals surface area contributed by atoms with Crippen molar-refractivity contribution in [1.29, 1.82) is 0 Å². The average Bonchev–Trinajstić information content (AvgIpc) is 2.68. The van der Waals surface area contributed by atoms with E-state index >= 15 is 0 Å². The number of rotatable bonds is 3. The minimum absolute atomic E-state index is 0.00723. The van der Waals surface area contributed by atoms with Crippen LogP contribution in [-0.4, -0.2) is 22.5 Å². The summed E-state index contributed by atoms with van der Waals surface area (Å²) in [5.41, 5.74) is 0.219. The zero-order chi connectivity index (χ0) is 14.2. The van der Waals surface area contributed by atoms with Crippen LogP contribution in [0.5, 0.6) is 0 Å². The molecule has 1 aromatic carbocycles. The summed E-state index contributed by atoms with van der Waals surface area (Å²) in [5, 5.41) is 1.92. The van der Waals surface area contributed by atoms with Crippen LogP contribution in [0.15, 0.2) is 12.1 Å². The number of carbonyl (C=O) groups is 1. The molecule has 0 aliphatic rings. The van der Waals surface area contributed by atoms with E-state index in [9.17, 15) is 13.6 Å². The molecule has 0 saturated heterocycles. The Bertz CT molecular complexity index is 639. The number of benzene rings is 1. The molecule has 0 aliphatic carbocycles. The van der Waals surface area contributed by atoms with Crippen LogP contribution in [0.4, 0.5) is 8.78 Å². The molecule has 0 aliphatic heterocycles. The summed E-state index contributed by atoms with van der Waals surface area (Å²) in [7, 11) is 1.48. The van der Waals surface area contributed by atoms with Crippen LogP contribution in [0.2, 0.25) is 0 Å². The molecule has 0 bridgehead atoms. The maximum absolute atomic E-state index is 13.7. The van der Waals surface area contributed by atoms with Crippen molar-refractivity contribution in [2.45, 2.75) is 18.8 Å². The van der Waals surface area contributed by atoms with Gasteiger partial charge < -0.3 is 9.88 Å². The fourth-order valence-corrected chi connectivity index (χ4v) is 2.03. The number of hydrogen-bond acceptors (Lipinski definition) is 2. The predicted octanol–water partition coefficient (Wildman–Crippen LogP) is 2.36. The highest BCUT2D eigenvalue weighted by atomic mass is 35.5. The van der Waals surface area contributed by atoms with E-state index in [-0.39, 0.29) is 23.5 Å². The number of alkyl halides is 1. The van der Waals surface area contributed by atoms with Crippen LogP contribution >= 0.6 is 11.6 Å². The number of hydrogen-bond donors (Lipinski definition) is 1. The third-order valence-electron chi connectivity index (χ3n) is 2.74. The summed E-state index contributed by atoms with van der Waals surface area (Å²) in [6.07, 6.45) is 0. The molecule has 1 heterocycles. The van der Waals surface area contributed by atoms with Gasteiger partial charge in [-0.25, -0.2) is 13.8 Å². The normalized spacial score (nSPS) is 12.7. The monoisotopic (exact) mass is 287 g/mol. The Morgan fingerprint density at radius 3 is 2.79 bits per heavy atom. The number of nitrogens with zero attached hydrogens (tertiary/aromatic N) is 2. The van der Waals surface area contributed by atoms with E-state index in [1.807, 2.05) is 0 Å². The van der Waals surface area contributed by atoms with Gasteiger partial charge in [0.05, 0.1) is 10.9 Å². The molecule has 0 spiro atoms. The molecule has 4 nitrogen and oxygen atoms in total. The summed E-state index contributed by atoms with van der Waals surface area (Å²) >= 11 is 5.97. The number of amides is 1. The van der Waals surface area contributed by atoms with Gasteiger partial charge in [0.2, 0.25) is 5.91 Å². The summed E-state index contributed by atoms with van der Waals surface area (Å²) in [6.45, 7) is 1.56. The molecule has 1 unspecified atom stereocenters. The number of carbonyl (C=O) groups excluding carboxylic acids is 1. The number of nitrogens with one attached hydrogen (secondary N) is 1. The van der Waals surface area contributed by atoms with Gasteiger partial charge in [-0.2, -0.15) is 0 Å². The van der Waals surface area contributed by atoms with Gasteiger partial charge in [-0.15, -0.1) is 11.6 Å². The molecule has 1 amide bonds. The Morgan fingerprint density at radius 1 is 1.53 bits per heavy atom. The minimum atomic E-state index is -0.774. The third-order valence-corrected chi connectivity index (χ3v) is 2.93. The van der Waals surface area contributed by atoms with Gasteiger partial charge in [0, 0.05) is 13.1 Å². The first kappa shape index (κ1) is 13.7. The van der Waals surface area contributed by atoms with Gasteiger partial charge in [0.25, 0.3) is 0 Å². The maximum Gasteiger partial charge on any atom is 0.239 e. The second-order valence-electron chi connectivity index (χ2n) is 4.10. The molecule has 1 N–H and O–H groups in total. The SMILES string of the molecule is CNC(=O)Cn1c(C(C)Cl)nc2c(F)cc(F)cc21. The number of aromatic nitrogens is 2. The first-order chi connectivity index (χ1) is 8.93. The average molecular weight is 288 g/mol. The summed E-state index contributed by atoms with van der Waals surface area (Å²) in [5.74, 6) is -1.48. The van der Waals surface area contributed by atoms with Crippen molar-refractivity contribution in [3.05, 3.63) is 29.6 Å². The highest BCUT2D eigenvalue weighted by Gasteiger charge is 2.19. The topological polar surface area (TPSA) is 46.9 Å². The standard InChI is InChI=1S/C12H12ClF2N3O/c1-6(13)12-17-11-8(15)3-7(14)4-9(11)18(12)5-10(19)16-2/h3-4,6H,5H2,1-2H3,(H,16,19). The molecule has 102 valence electrons. The van der Waals surface area contributed by atoms with Crippen LogP contribution in [-0.2, 0) is 11.3 Å². The number of halogens is 3. The lowest BCUT2D eigenvalue weighted by Crippen LogP contribution is -2.24. The van der Waals surface area contributed by atoms with Crippen molar-refractivity contribution in [2.75, 3.05) is 7.05 Å². The van der Waals surface area contributed by atoms with Crippen molar-refractivity contribution in [1.82, 2.24) is 14.9 Å². The van der Waals surface area contributed by atoms with Crippen LogP contribution in [0.3, 0.4) is 0 Å². The Morgan fingerprint density at radius 2 is 2.21 bits per heavy atom. The predicted molar refractivity (Wildman–Crippen MR) is 68.0 cm³/mol. The largest absolute Gasteiger partial charge is 0.358 e. The van der Waals surface area contributed by atoms with Gasteiger partial charge in [0.15, 0.2) is 5.82 Å².